The highest BCUT2D eigenvalue weighted by Crippen LogP contribution is 2.49. The summed E-state index contributed by atoms with van der Waals surface area (Å²) >= 11 is 3.40. The Bertz CT molecular complexity index is 1630. The van der Waals surface area contributed by atoms with Crippen LogP contribution in [0.15, 0.2) is 42.6 Å². The minimum Gasteiger partial charge on any atom is -0.319 e. The molecule has 0 radical (unpaired) electrons. The molecular formula is C26H21FIN7O2S. The molecule has 38 heavy (non-hydrogen) atoms. The third-order valence-corrected chi connectivity index (χ3v) is 7.98. The third-order valence-electron chi connectivity index (χ3n) is 6.34. The van der Waals surface area contributed by atoms with Gasteiger partial charge < -0.3 is 15.5 Å². The van der Waals surface area contributed by atoms with Gasteiger partial charge in [0.05, 0.1) is 23.4 Å². The monoisotopic (exact) mass is 641 g/mol. The van der Waals surface area contributed by atoms with Gasteiger partial charge in [0, 0.05) is 29.6 Å². The smallest absolute Gasteiger partial charge is 0.256 e. The summed E-state index contributed by atoms with van der Waals surface area (Å²) in [6, 6.07) is 12.1. The van der Waals surface area contributed by atoms with Crippen LogP contribution < -0.4 is 15.5 Å². The summed E-state index contributed by atoms with van der Waals surface area (Å²) in [7, 11) is 1.73. The maximum absolute atomic E-state index is 14.8. The van der Waals surface area contributed by atoms with E-state index in [4.69, 9.17) is 0 Å². The summed E-state index contributed by atoms with van der Waals surface area (Å²) in [6.07, 6.45) is 3.09. The van der Waals surface area contributed by atoms with E-state index in [-0.39, 0.29) is 11.6 Å². The molecular weight excluding hydrogens is 620 g/mol. The van der Waals surface area contributed by atoms with Crippen LogP contribution in [0.2, 0.25) is 0 Å². The number of carbonyl (C=O) groups is 2. The molecule has 2 N–H and O–H groups in total. The molecule has 1 aliphatic carbocycles. The normalized spacial score (nSPS) is 13.6. The average Bonchev–Trinajstić information content (AvgIpc) is 3.61. The van der Waals surface area contributed by atoms with Crippen molar-refractivity contribution >= 4 is 78.5 Å². The van der Waals surface area contributed by atoms with Crippen LogP contribution in [0.25, 0.3) is 10.3 Å². The Labute approximate surface area is 235 Å². The number of nitriles is 1. The van der Waals surface area contributed by atoms with Crippen LogP contribution in [-0.2, 0) is 14.6 Å². The van der Waals surface area contributed by atoms with E-state index in [0.717, 1.165) is 24.0 Å². The van der Waals surface area contributed by atoms with Crippen molar-refractivity contribution in [2.75, 3.05) is 22.6 Å². The highest BCUT2D eigenvalue weighted by molar-refractivity contribution is 14.1. The third kappa shape index (κ3) is 4.91. The number of carbonyl (C=O) groups excluding carboxylic acids is 2. The molecule has 0 saturated heterocycles. The highest BCUT2D eigenvalue weighted by atomic mass is 127. The lowest BCUT2D eigenvalue weighted by molar-refractivity contribution is -0.114. The minimum atomic E-state index is -0.586. The minimum absolute atomic E-state index is 0.0115. The van der Waals surface area contributed by atoms with E-state index in [1.807, 2.05) is 6.07 Å². The number of hydrogen-bond donors (Lipinski definition) is 2. The summed E-state index contributed by atoms with van der Waals surface area (Å²) in [4.78, 5) is 40.0. The van der Waals surface area contributed by atoms with Gasteiger partial charge in [-0.05, 0) is 48.2 Å². The van der Waals surface area contributed by atoms with Crippen LogP contribution in [0.4, 0.5) is 26.8 Å². The van der Waals surface area contributed by atoms with Crippen LogP contribution in [0, 0.1) is 17.1 Å². The molecule has 2 heterocycles. The average molecular weight is 641 g/mol. The summed E-state index contributed by atoms with van der Waals surface area (Å²) in [5.41, 5.74) is 2.66. The molecule has 12 heteroatoms. The van der Waals surface area contributed by atoms with Gasteiger partial charge in [-0.25, -0.2) is 14.4 Å². The van der Waals surface area contributed by atoms with Crippen molar-refractivity contribution in [1.29, 1.82) is 5.26 Å². The highest BCUT2D eigenvalue weighted by Gasteiger charge is 2.46. The summed E-state index contributed by atoms with van der Waals surface area (Å²) in [5, 5.41) is 15.4. The molecule has 9 nitrogen and oxygen atoms in total. The zero-order chi connectivity index (χ0) is 27.0. The van der Waals surface area contributed by atoms with Gasteiger partial charge in [-0.15, -0.1) is 0 Å². The van der Waals surface area contributed by atoms with Crippen molar-refractivity contribution in [2.24, 2.45) is 0 Å². The number of rotatable bonds is 7. The van der Waals surface area contributed by atoms with Crippen molar-refractivity contribution < 1.29 is 14.0 Å². The predicted octanol–water partition coefficient (Wildman–Crippen LogP) is 5.69. The second-order valence-corrected chi connectivity index (χ2v) is 10.6. The van der Waals surface area contributed by atoms with Crippen LogP contribution in [0.5, 0.6) is 0 Å². The van der Waals surface area contributed by atoms with Crippen molar-refractivity contribution in [3.8, 4) is 6.07 Å². The predicted molar refractivity (Wildman–Crippen MR) is 153 cm³/mol. The second-order valence-electron chi connectivity index (χ2n) is 8.90. The number of benzene rings is 2. The first-order valence-corrected chi connectivity index (χ1v) is 13.9. The summed E-state index contributed by atoms with van der Waals surface area (Å²) < 4.78 is 15.3. The molecule has 192 valence electrons. The summed E-state index contributed by atoms with van der Waals surface area (Å²) in [5.74, 6) is -0.925. The first-order chi connectivity index (χ1) is 18.2. The number of nitrogens with one attached hydrogen (secondary N) is 2. The molecule has 4 aromatic rings. The van der Waals surface area contributed by atoms with Gasteiger partial charge in [0.25, 0.3) is 5.91 Å². The molecule has 1 fully saturated rings. The van der Waals surface area contributed by atoms with E-state index in [0.29, 0.717) is 37.1 Å². The van der Waals surface area contributed by atoms with E-state index in [1.165, 1.54) is 30.4 Å². The zero-order valence-electron chi connectivity index (χ0n) is 20.4. The van der Waals surface area contributed by atoms with Crippen LogP contribution in [0.1, 0.15) is 41.3 Å². The SMILES string of the molecule is CC(=O)Nc1nc2cnc(N(C)c3ccc(F)c(NC(=O)c4cccc(C5(C#N)CC5)c4CI)c3)nc2s1. The topological polar surface area (TPSA) is 124 Å². The first-order valence-electron chi connectivity index (χ1n) is 11.6. The lowest BCUT2D eigenvalue weighted by Crippen LogP contribution is -2.18. The van der Waals surface area contributed by atoms with Crippen LogP contribution in [0.3, 0.4) is 0 Å². The molecule has 0 bridgehead atoms. The van der Waals surface area contributed by atoms with Gasteiger partial charge >= 0.3 is 0 Å². The lowest BCUT2D eigenvalue weighted by atomic mass is 9.90. The Balaban J connectivity index is 1.41. The number of fused-ring (bicyclic) bond motifs is 1. The number of thiazole rings is 1. The quantitative estimate of drug-likeness (QED) is 0.196. The van der Waals surface area contributed by atoms with Crippen molar-refractivity contribution in [3.05, 3.63) is 65.1 Å². The number of halogens is 2. The Morgan fingerprint density at radius 3 is 2.71 bits per heavy atom. The van der Waals surface area contributed by atoms with Crippen molar-refractivity contribution in [1.82, 2.24) is 15.0 Å². The number of aromatic nitrogens is 3. The molecule has 5 rings (SSSR count). The van der Waals surface area contributed by atoms with Gasteiger partial charge in [0.15, 0.2) is 9.96 Å². The van der Waals surface area contributed by atoms with E-state index in [1.54, 1.807) is 36.3 Å². The number of alkyl halides is 1. The molecule has 2 amide bonds. The molecule has 1 aliphatic rings. The molecule has 1 saturated carbocycles. The maximum Gasteiger partial charge on any atom is 0.256 e. The van der Waals surface area contributed by atoms with Crippen LogP contribution in [-0.4, -0.2) is 33.8 Å². The lowest BCUT2D eigenvalue weighted by Gasteiger charge is -2.19. The van der Waals surface area contributed by atoms with E-state index >= 15 is 0 Å². The molecule has 0 atom stereocenters. The number of hydrogen-bond acceptors (Lipinski definition) is 8. The van der Waals surface area contributed by atoms with Gasteiger partial charge in [0.1, 0.15) is 11.3 Å². The second kappa shape index (κ2) is 10.2. The Morgan fingerprint density at radius 2 is 2.03 bits per heavy atom. The van der Waals surface area contributed by atoms with Crippen LogP contribution >= 0.6 is 33.9 Å². The van der Waals surface area contributed by atoms with Crippen molar-refractivity contribution in [2.45, 2.75) is 29.6 Å². The van der Waals surface area contributed by atoms with Gasteiger partial charge in [0.2, 0.25) is 11.9 Å². The molecule has 0 unspecified atom stereocenters. The molecule has 2 aromatic carbocycles. The Kier molecular flexibility index (Phi) is 6.97. The Morgan fingerprint density at radius 1 is 1.24 bits per heavy atom. The molecule has 2 aromatic heterocycles. The van der Waals surface area contributed by atoms with Crippen molar-refractivity contribution in [3.63, 3.8) is 0 Å². The molecule has 0 spiro atoms. The largest absolute Gasteiger partial charge is 0.319 e. The summed E-state index contributed by atoms with van der Waals surface area (Å²) in [6.45, 7) is 1.40. The van der Waals surface area contributed by atoms with E-state index in [2.05, 4.69) is 54.2 Å². The fourth-order valence-electron chi connectivity index (χ4n) is 4.17. The first kappa shape index (κ1) is 25.9. The standard InChI is InChI=1S/C26H21FIN7O2S/c1-14(36)31-25-33-21-12-30-24(34-23(21)38-25)35(2)15-6-7-19(27)20(10-15)32-22(37)16-4-3-5-18(17(16)11-28)26(13-29)8-9-26/h3-7,10,12H,8-9,11H2,1-2H3,(H,32,37)(H,31,33,36). The fraction of sp³-hybridized carbons (Fsp3) is 0.231. The van der Waals surface area contributed by atoms with E-state index in [9.17, 15) is 19.2 Å². The van der Waals surface area contributed by atoms with Gasteiger partial charge in [-0.1, -0.05) is 46.1 Å². The number of anilines is 4. The Hall–Kier alpha value is -3.70. The van der Waals surface area contributed by atoms with E-state index < -0.39 is 17.1 Å². The number of amides is 2. The number of nitrogens with zero attached hydrogens (tertiary/aromatic N) is 5. The molecule has 0 aliphatic heterocycles. The van der Waals surface area contributed by atoms with Gasteiger partial charge in [-0.3, -0.25) is 9.59 Å². The fourth-order valence-corrected chi connectivity index (χ4v) is 5.85. The zero-order valence-corrected chi connectivity index (χ0v) is 23.4. The van der Waals surface area contributed by atoms with Gasteiger partial charge in [-0.2, -0.15) is 10.2 Å². The maximum atomic E-state index is 14.8.